The Kier molecular flexibility index (Phi) is 2.74. The average molecular weight is 246 g/mol. The van der Waals surface area contributed by atoms with Gasteiger partial charge in [-0.05, 0) is 43.4 Å². The third kappa shape index (κ3) is 1.86. The maximum Gasteiger partial charge on any atom is 0.265 e. The summed E-state index contributed by atoms with van der Waals surface area (Å²) in [7, 11) is 0. The van der Waals surface area contributed by atoms with Crippen molar-refractivity contribution in [2.45, 2.75) is 38.3 Å². The Bertz CT molecular complexity index is 483. The van der Waals surface area contributed by atoms with Crippen LogP contribution in [-0.2, 0) is 4.79 Å². The molecule has 2 aliphatic rings. The van der Waals surface area contributed by atoms with Crippen LogP contribution < -0.4 is 15.8 Å². The molecule has 2 unspecified atom stereocenters. The van der Waals surface area contributed by atoms with Crippen LogP contribution in [0.3, 0.4) is 0 Å². The van der Waals surface area contributed by atoms with Crippen molar-refractivity contribution in [1.29, 1.82) is 0 Å². The molecule has 4 nitrogen and oxygen atoms in total. The van der Waals surface area contributed by atoms with E-state index in [4.69, 9.17) is 10.5 Å². The highest BCUT2D eigenvalue weighted by Gasteiger charge is 2.28. The van der Waals surface area contributed by atoms with Gasteiger partial charge in [-0.15, -0.1) is 0 Å². The van der Waals surface area contributed by atoms with Crippen LogP contribution in [0.1, 0.15) is 37.8 Å². The van der Waals surface area contributed by atoms with Crippen molar-refractivity contribution in [2.24, 2.45) is 11.7 Å². The summed E-state index contributed by atoms with van der Waals surface area (Å²) in [5, 5.41) is 2.86. The van der Waals surface area contributed by atoms with Gasteiger partial charge in [-0.1, -0.05) is 12.5 Å². The van der Waals surface area contributed by atoms with E-state index in [0.29, 0.717) is 5.92 Å². The SMILES string of the molecule is CC1Oc2ccc(C(N)C3CCC3)cc2NC1=O. The van der Waals surface area contributed by atoms with Gasteiger partial charge in [0.1, 0.15) is 5.75 Å². The number of carbonyl (C=O) groups excluding carboxylic acids is 1. The van der Waals surface area contributed by atoms with Crippen LogP contribution in [0.25, 0.3) is 0 Å². The van der Waals surface area contributed by atoms with Crippen molar-refractivity contribution in [3.8, 4) is 5.75 Å². The molecule has 96 valence electrons. The monoisotopic (exact) mass is 246 g/mol. The second-order valence-corrected chi connectivity index (χ2v) is 5.22. The fourth-order valence-corrected chi connectivity index (χ4v) is 2.50. The summed E-state index contributed by atoms with van der Waals surface area (Å²) in [6, 6.07) is 5.92. The van der Waals surface area contributed by atoms with E-state index in [-0.39, 0.29) is 11.9 Å². The van der Waals surface area contributed by atoms with Crippen molar-refractivity contribution >= 4 is 11.6 Å². The lowest BCUT2D eigenvalue weighted by Gasteiger charge is -2.32. The van der Waals surface area contributed by atoms with Crippen LogP contribution in [0.15, 0.2) is 18.2 Å². The molecule has 4 heteroatoms. The maximum absolute atomic E-state index is 11.6. The largest absolute Gasteiger partial charge is 0.479 e. The molecule has 1 aliphatic carbocycles. The van der Waals surface area contributed by atoms with Gasteiger partial charge in [-0.3, -0.25) is 4.79 Å². The molecule has 0 spiro atoms. The summed E-state index contributed by atoms with van der Waals surface area (Å²) < 4.78 is 5.53. The molecule has 2 atom stereocenters. The molecule has 18 heavy (non-hydrogen) atoms. The van der Waals surface area contributed by atoms with Gasteiger partial charge in [0.2, 0.25) is 0 Å². The Labute approximate surface area is 107 Å². The van der Waals surface area contributed by atoms with Crippen LogP contribution in [0.5, 0.6) is 5.75 Å². The molecule has 0 bridgehead atoms. The zero-order valence-corrected chi connectivity index (χ0v) is 10.5. The highest BCUT2D eigenvalue weighted by Crippen LogP contribution is 2.39. The van der Waals surface area contributed by atoms with E-state index < -0.39 is 6.10 Å². The third-order valence-corrected chi connectivity index (χ3v) is 3.98. The predicted molar refractivity (Wildman–Crippen MR) is 69.4 cm³/mol. The molecular weight excluding hydrogens is 228 g/mol. The fraction of sp³-hybridized carbons (Fsp3) is 0.500. The molecular formula is C14H18N2O2. The van der Waals surface area contributed by atoms with E-state index in [1.807, 2.05) is 18.2 Å². The van der Waals surface area contributed by atoms with Crippen molar-refractivity contribution in [2.75, 3.05) is 5.32 Å². The van der Waals surface area contributed by atoms with Crippen molar-refractivity contribution in [3.63, 3.8) is 0 Å². The van der Waals surface area contributed by atoms with Crippen LogP contribution in [0.4, 0.5) is 5.69 Å². The number of ether oxygens (including phenoxy) is 1. The maximum atomic E-state index is 11.6. The number of benzene rings is 1. The molecule has 1 aromatic rings. The van der Waals surface area contributed by atoms with E-state index in [2.05, 4.69) is 5.32 Å². The van der Waals surface area contributed by atoms with Gasteiger partial charge in [0, 0.05) is 6.04 Å². The van der Waals surface area contributed by atoms with Gasteiger partial charge < -0.3 is 15.8 Å². The van der Waals surface area contributed by atoms with Gasteiger partial charge >= 0.3 is 0 Å². The molecule has 1 amide bonds. The molecule has 3 N–H and O–H groups in total. The first-order valence-electron chi connectivity index (χ1n) is 6.52. The number of hydrogen-bond acceptors (Lipinski definition) is 3. The fourth-order valence-electron chi connectivity index (χ4n) is 2.50. The van der Waals surface area contributed by atoms with Gasteiger partial charge in [0.25, 0.3) is 5.91 Å². The number of anilines is 1. The van der Waals surface area contributed by atoms with Gasteiger partial charge in [-0.25, -0.2) is 0 Å². The van der Waals surface area contributed by atoms with Crippen LogP contribution in [0, 0.1) is 5.92 Å². The number of hydrogen-bond donors (Lipinski definition) is 2. The Morgan fingerprint density at radius 1 is 1.44 bits per heavy atom. The first-order valence-corrected chi connectivity index (χ1v) is 6.52. The Morgan fingerprint density at radius 2 is 2.22 bits per heavy atom. The molecule has 1 fully saturated rings. The summed E-state index contributed by atoms with van der Waals surface area (Å²) in [4.78, 5) is 11.6. The predicted octanol–water partition coefficient (Wildman–Crippen LogP) is 2.21. The van der Waals surface area contributed by atoms with Gasteiger partial charge in [0.05, 0.1) is 5.69 Å². The number of fused-ring (bicyclic) bond motifs is 1. The first kappa shape index (κ1) is 11.5. The average Bonchev–Trinajstić information content (AvgIpc) is 2.27. The minimum absolute atomic E-state index is 0.0697. The highest BCUT2D eigenvalue weighted by atomic mass is 16.5. The normalized spacial score (nSPS) is 24.6. The van der Waals surface area contributed by atoms with Crippen LogP contribution in [-0.4, -0.2) is 12.0 Å². The highest BCUT2D eigenvalue weighted by molar-refractivity contribution is 5.97. The quantitative estimate of drug-likeness (QED) is 0.840. The van der Waals surface area contributed by atoms with E-state index in [1.165, 1.54) is 19.3 Å². The van der Waals surface area contributed by atoms with E-state index in [0.717, 1.165) is 17.0 Å². The third-order valence-electron chi connectivity index (χ3n) is 3.98. The second-order valence-electron chi connectivity index (χ2n) is 5.22. The number of nitrogens with two attached hydrogens (primary N) is 1. The van der Waals surface area contributed by atoms with Crippen LogP contribution in [0.2, 0.25) is 0 Å². The lowest BCUT2D eigenvalue weighted by Crippen LogP contribution is -2.34. The molecule has 1 aromatic carbocycles. The topological polar surface area (TPSA) is 64.3 Å². The van der Waals surface area contributed by atoms with E-state index in [9.17, 15) is 4.79 Å². The van der Waals surface area contributed by atoms with Crippen molar-refractivity contribution in [1.82, 2.24) is 0 Å². The van der Waals surface area contributed by atoms with Gasteiger partial charge in [-0.2, -0.15) is 0 Å². The zero-order chi connectivity index (χ0) is 12.7. The smallest absolute Gasteiger partial charge is 0.265 e. The van der Waals surface area contributed by atoms with Crippen LogP contribution >= 0.6 is 0 Å². The summed E-state index contributed by atoms with van der Waals surface area (Å²) in [6.45, 7) is 1.74. The summed E-state index contributed by atoms with van der Waals surface area (Å²) in [6.07, 6.45) is 3.26. The Balaban J connectivity index is 1.86. The number of rotatable bonds is 2. The standard InChI is InChI=1S/C14H18N2O2/c1-8-14(17)16-11-7-10(5-6-12(11)18-8)13(15)9-3-2-4-9/h5-9,13H,2-4,15H2,1H3,(H,16,17). The number of amides is 1. The van der Waals surface area contributed by atoms with Gasteiger partial charge in [0.15, 0.2) is 6.10 Å². The number of carbonyl (C=O) groups is 1. The number of nitrogens with one attached hydrogen (secondary N) is 1. The second kappa shape index (κ2) is 4.28. The first-order chi connectivity index (χ1) is 8.65. The summed E-state index contributed by atoms with van der Waals surface area (Å²) in [5.74, 6) is 1.21. The zero-order valence-electron chi connectivity index (χ0n) is 10.5. The molecule has 1 saturated carbocycles. The summed E-state index contributed by atoms with van der Waals surface area (Å²) >= 11 is 0. The summed E-state index contributed by atoms with van der Waals surface area (Å²) in [5.41, 5.74) is 8.06. The van der Waals surface area contributed by atoms with Crippen molar-refractivity contribution < 1.29 is 9.53 Å². The minimum atomic E-state index is -0.427. The molecule has 3 rings (SSSR count). The van der Waals surface area contributed by atoms with E-state index >= 15 is 0 Å². The molecule has 1 heterocycles. The lowest BCUT2D eigenvalue weighted by atomic mass is 9.77. The molecule has 0 saturated heterocycles. The Morgan fingerprint density at radius 3 is 2.89 bits per heavy atom. The minimum Gasteiger partial charge on any atom is -0.479 e. The van der Waals surface area contributed by atoms with E-state index in [1.54, 1.807) is 6.92 Å². The lowest BCUT2D eigenvalue weighted by molar-refractivity contribution is -0.122. The molecule has 1 aliphatic heterocycles. The molecule has 0 aromatic heterocycles. The molecule has 0 radical (unpaired) electrons. The van der Waals surface area contributed by atoms with Crippen molar-refractivity contribution in [3.05, 3.63) is 23.8 Å². The Hall–Kier alpha value is -1.55.